The second-order valence-corrected chi connectivity index (χ2v) is 3.23. The minimum atomic E-state index is 0.546. The maximum atomic E-state index is 5.82. The second-order valence-electron chi connectivity index (χ2n) is 3.23. The van der Waals surface area contributed by atoms with Gasteiger partial charge in [-0.05, 0) is 26.2 Å². The van der Waals surface area contributed by atoms with Gasteiger partial charge in [0.2, 0.25) is 0 Å². The van der Waals surface area contributed by atoms with Crippen LogP contribution in [0, 0.1) is 5.92 Å². The predicted octanol–water partition coefficient (Wildman–Crippen LogP) is 3.44. The van der Waals surface area contributed by atoms with Crippen LogP contribution in [0.2, 0.25) is 0 Å². The topological polar surface area (TPSA) is 0 Å². The van der Waals surface area contributed by atoms with Crippen LogP contribution in [-0.2, 0) is 0 Å². The van der Waals surface area contributed by atoms with E-state index in [9.17, 15) is 0 Å². The van der Waals surface area contributed by atoms with Gasteiger partial charge in [0.1, 0.15) is 7.85 Å². The van der Waals surface area contributed by atoms with Crippen LogP contribution in [0.15, 0.2) is 22.7 Å². The van der Waals surface area contributed by atoms with Crippen LogP contribution in [-0.4, -0.2) is 7.85 Å². The Kier molecular flexibility index (Phi) is 5.04. The van der Waals surface area contributed by atoms with Crippen molar-refractivity contribution in [1.82, 2.24) is 0 Å². The molecule has 1 atom stereocenters. The Morgan fingerprint density at radius 1 is 1.33 bits per heavy atom. The lowest BCUT2D eigenvalue weighted by Gasteiger charge is -2.20. The fraction of sp³-hybridized carbons (Fsp3) is 0.636. The van der Waals surface area contributed by atoms with Crippen molar-refractivity contribution in [2.45, 2.75) is 41.0 Å². The summed E-state index contributed by atoms with van der Waals surface area (Å²) in [5.41, 5.74) is 3.75. The molecule has 0 aromatic rings. The highest BCUT2D eigenvalue weighted by atomic mass is 14.1. The first-order valence-electron chi connectivity index (χ1n) is 4.74. The van der Waals surface area contributed by atoms with Crippen LogP contribution in [0.1, 0.15) is 41.0 Å². The van der Waals surface area contributed by atoms with Gasteiger partial charge < -0.3 is 0 Å². The molecule has 0 fully saturated rings. The molecule has 2 radical (unpaired) electrons. The molecule has 0 spiro atoms. The zero-order valence-electron chi connectivity index (χ0n) is 8.94. The molecule has 0 bridgehead atoms. The molecule has 0 amide bonds. The highest BCUT2D eigenvalue weighted by Crippen LogP contribution is 2.26. The zero-order chi connectivity index (χ0) is 9.72. The molecule has 0 aromatic heterocycles. The largest absolute Gasteiger partial charge is 0.112 e. The Morgan fingerprint density at radius 2 is 1.83 bits per heavy atom. The predicted molar refractivity (Wildman–Crippen MR) is 57.3 cm³/mol. The van der Waals surface area contributed by atoms with Crippen LogP contribution in [0.4, 0.5) is 0 Å². The Balaban J connectivity index is 0.000000561. The van der Waals surface area contributed by atoms with E-state index in [0.29, 0.717) is 5.92 Å². The molecule has 0 nitrogen and oxygen atoms in total. The van der Waals surface area contributed by atoms with Gasteiger partial charge in [0.25, 0.3) is 0 Å². The summed E-state index contributed by atoms with van der Waals surface area (Å²) in [6.07, 6.45) is 3.30. The molecule has 1 aliphatic rings. The van der Waals surface area contributed by atoms with E-state index < -0.39 is 0 Å². The molecule has 1 aliphatic carbocycles. The SMILES string of the molecule is CC.[B]C1=C(C)C=C(C)CC1C. The van der Waals surface area contributed by atoms with E-state index in [2.05, 4.69) is 26.8 Å². The van der Waals surface area contributed by atoms with Gasteiger partial charge in [0, 0.05) is 0 Å². The summed E-state index contributed by atoms with van der Waals surface area (Å²) >= 11 is 0. The van der Waals surface area contributed by atoms with Crippen molar-refractivity contribution < 1.29 is 0 Å². The Bertz CT molecular complexity index is 199. The summed E-state index contributed by atoms with van der Waals surface area (Å²) in [5, 5.41) is 0. The maximum absolute atomic E-state index is 5.82. The van der Waals surface area contributed by atoms with Crippen molar-refractivity contribution in [2.24, 2.45) is 5.92 Å². The molecular formula is C11H19B. The van der Waals surface area contributed by atoms with E-state index in [1.54, 1.807) is 0 Å². The van der Waals surface area contributed by atoms with Gasteiger partial charge in [-0.1, -0.05) is 38.0 Å². The monoisotopic (exact) mass is 162 g/mol. The first kappa shape index (κ1) is 11.5. The third-order valence-corrected chi connectivity index (χ3v) is 2.08. The van der Waals surface area contributed by atoms with Crippen molar-refractivity contribution in [3.8, 4) is 0 Å². The molecule has 1 rings (SSSR count). The third-order valence-electron chi connectivity index (χ3n) is 2.08. The fourth-order valence-corrected chi connectivity index (χ4v) is 1.49. The van der Waals surface area contributed by atoms with Gasteiger partial charge in [-0.3, -0.25) is 0 Å². The molecule has 0 aromatic carbocycles. The molecule has 66 valence electrons. The summed E-state index contributed by atoms with van der Waals surface area (Å²) < 4.78 is 0. The minimum absolute atomic E-state index is 0.546. The van der Waals surface area contributed by atoms with E-state index in [1.165, 1.54) is 11.1 Å². The molecule has 0 saturated heterocycles. The van der Waals surface area contributed by atoms with E-state index in [-0.39, 0.29) is 0 Å². The van der Waals surface area contributed by atoms with Gasteiger partial charge in [0.05, 0.1) is 0 Å². The molecule has 12 heavy (non-hydrogen) atoms. The Morgan fingerprint density at radius 3 is 2.25 bits per heavy atom. The first-order chi connectivity index (χ1) is 5.61. The van der Waals surface area contributed by atoms with Crippen LogP contribution >= 0.6 is 0 Å². The summed E-state index contributed by atoms with van der Waals surface area (Å²) in [7, 11) is 5.82. The summed E-state index contributed by atoms with van der Waals surface area (Å²) in [6.45, 7) is 10.4. The minimum Gasteiger partial charge on any atom is -0.112 e. The van der Waals surface area contributed by atoms with Crippen LogP contribution < -0.4 is 0 Å². The van der Waals surface area contributed by atoms with Crippen LogP contribution in [0.5, 0.6) is 0 Å². The Labute approximate surface area is 78.2 Å². The van der Waals surface area contributed by atoms with Gasteiger partial charge in [-0.15, -0.1) is 5.47 Å². The smallest absolute Gasteiger partial charge is 0.108 e. The average molecular weight is 162 g/mol. The zero-order valence-corrected chi connectivity index (χ0v) is 8.94. The normalized spacial score (nSPS) is 22.8. The molecule has 0 N–H and O–H groups in total. The lowest BCUT2D eigenvalue weighted by atomic mass is 9.75. The second kappa shape index (κ2) is 5.24. The van der Waals surface area contributed by atoms with Crippen molar-refractivity contribution in [3.05, 3.63) is 22.7 Å². The van der Waals surface area contributed by atoms with E-state index in [1.807, 2.05) is 13.8 Å². The van der Waals surface area contributed by atoms with E-state index in [0.717, 1.165) is 11.9 Å². The summed E-state index contributed by atoms with van der Waals surface area (Å²) in [5.74, 6) is 0.546. The van der Waals surface area contributed by atoms with Crippen molar-refractivity contribution in [3.63, 3.8) is 0 Å². The first-order valence-corrected chi connectivity index (χ1v) is 4.74. The Hall–Kier alpha value is -0.455. The lowest BCUT2D eigenvalue weighted by Crippen LogP contribution is -2.06. The van der Waals surface area contributed by atoms with Gasteiger partial charge in [0.15, 0.2) is 0 Å². The van der Waals surface area contributed by atoms with Crippen LogP contribution in [0.25, 0.3) is 0 Å². The van der Waals surface area contributed by atoms with Gasteiger partial charge in [-0.25, -0.2) is 0 Å². The number of allylic oxidation sites excluding steroid dienone is 4. The molecule has 0 heterocycles. The molecule has 0 aliphatic heterocycles. The summed E-state index contributed by atoms with van der Waals surface area (Å²) in [6, 6.07) is 0. The average Bonchev–Trinajstić information content (AvgIpc) is 2.04. The highest BCUT2D eigenvalue weighted by molar-refractivity contribution is 6.22. The maximum Gasteiger partial charge on any atom is 0.108 e. The molecule has 1 unspecified atom stereocenters. The number of hydrogen-bond acceptors (Lipinski definition) is 0. The van der Waals surface area contributed by atoms with Crippen LogP contribution in [0.3, 0.4) is 0 Å². The van der Waals surface area contributed by atoms with Gasteiger partial charge >= 0.3 is 0 Å². The molecular weight excluding hydrogens is 143 g/mol. The number of hydrogen-bond donors (Lipinski definition) is 0. The number of rotatable bonds is 0. The van der Waals surface area contributed by atoms with Crippen molar-refractivity contribution in [2.75, 3.05) is 0 Å². The quantitative estimate of drug-likeness (QED) is 0.478. The summed E-state index contributed by atoms with van der Waals surface area (Å²) in [4.78, 5) is 0. The van der Waals surface area contributed by atoms with E-state index in [4.69, 9.17) is 7.85 Å². The van der Waals surface area contributed by atoms with E-state index >= 15 is 0 Å². The molecule has 0 saturated carbocycles. The van der Waals surface area contributed by atoms with Crippen molar-refractivity contribution >= 4 is 7.85 Å². The third kappa shape index (κ3) is 2.88. The molecule has 1 heteroatoms. The van der Waals surface area contributed by atoms with Crippen molar-refractivity contribution in [1.29, 1.82) is 0 Å². The fourth-order valence-electron chi connectivity index (χ4n) is 1.49. The van der Waals surface area contributed by atoms with Gasteiger partial charge in [-0.2, -0.15) is 0 Å². The highest BCUT2D eigenvalue weighted by Gasteiger charge is 2.10. The lowest BCUT2D eigenvalue weighted by molar-refractivity contribution is 0.685. The standard InChI is InChI=1S/C9H13B.C2H6/c1-6-4-7(2)9(10)8(3)5-6;1-2/h4,8H,5H2,1-3H3;1-2H3.